The average molecular weight is 388 g/mol. The van der Waals surface area contributed by atoms with Crippen LogP contribution < -0.4 is 15.7 Å². The molecule has 0 radical (unpaired) electrons. The number of amides is 1. The number of nitrogens with one attached hydrogen (secondary N) is 2. The van der Waals surface area contributed by atoms with E-state index in [0.29, 0.717) is 17.7 Å². The second-order valence-corrected chi connectivity index (χ2v) is 7.82. The highest BCUT2D eigenvalue weighted by Gasteiger charge is 2.15. The van der Waals surface area contributed by atoms with Crippen molar-refractivity contribution in [3.63, 3.8) is 0 Å². The number of sulfonamides is 1. The van der Waals surface area contributed by atoms with Gasteiger partial charge in [-0.05, 0) is 31.2 Å². The number of nitrogens with zero attached hydrogens (tertiary/aromatic N) is 2. The lowest BCUT2D eigenvalue weighted by atomic mass is 10.2. The molecule has 0 aliphatic rings. The normalized spacial score (nSPS) is 11.5. The maximum atomic E-state index is 12.6. The molecule has 0 unspecified atom stereocenters. The van der Waals surface area contributed by atoms with Gasteiger partial charge in [-0.3, -0.25) is 18.7 Å². The molecule has 9 heteroatoms. The molecular formula is C18H20N4O4S. The number of hydrogen-bond acceptors (Lipinski definition) is 4. The highest BCUT2D eigenvalue weighted by molar-refractivity contribution is 7.92. The van der Waals surface area contributed by atoms with E-state index in [-0.39, 0.29) is 17.9 Å². The zero-order chi connectivity index (χ0) is 19.6. The summed E-state index contributed by atoms with van der Waals surface area (Å²) in [4.78, 5) is 25.2. The minimum absolute atomic E-state index is 0.181. The van der Waals surface area contributed by atoms with Crippen LogP contribution in [0.3, 0.4) is 0 Å². The van der Waals surface area contributed by atoms with Crippen LogP contribution in [-0.2, 0) is 27.9 Å². The zero-order valence-corrected chi connectivity index (χ0v) is 15.8. The molecule has 1 amide bonds. The maximum Gasteiger partial charge on any atom is 0.329 e. The second kappa shape index (κ2) is 7.28. The Kier molecular flexibility index (Phi) is 5.04. The van der Waals surface area contributed by atoms with Gasteiger partial charge in [0.1, 0.15) is 6.54 Å². The Hall–Kier alpha value is -3.07. The zero-order valence-electron chi connectivity index (χ0n) is 15.0. The molecule has 1 heterocycles. The molecule has 0 aliphatic carbocycles. The van der Waals surface area contributed by atoms with E-state index in [4.69, 9.17) is 0 Å². The largest absolute Gasteiger partial charge is 0.329 e. The van der Waals surface area contributed by atoms with Crippen LogP contribution in [0, 0.1) is 0 Å². The van der Waals surface area contributed by atoms with Gasteiger partial charge in [-0.2, -0.15) is 0 Å². The van der Waals surface area contributed by atoms with E-state index in [1.165, 1.54) is 4.57 Å². The molecule has 0 bridgehead atoms. The first kappa shape index (κ1) is 18.7. The second-order valence-electron chi connectivity index (χ2n) is 6.07. The lowest BCUT2D eigenvalue weighted by Gasteiger charge is -2.12. The van der Waals surface area contributed by atoms with E-state index in [2.05, 4.69) is 10.0 Å². The number of aryl methyl sites for hydroxylation is 1. The van der Waals surface area contributed by atoms with Crippen molar-refractivity contribution in [3.8, 4) is 0 Å². The molecule has 2 aromatic carbocycles. The molecule has 8 nitrogen and oxygen atoms in total. The van der Waals surface area contributed by atoms with Crippen LogP contribution in [0.5, 0.6) is 0 Å². The van der Waals surface area contributed by atoms with Crippen LogP contribution in [0.4, 0.5) is 11.4 Å². The van der Waals surface area contributed by atoms with Crippen molar-refractivity contribution in [2.24, 2.45) is 0 Å². The number of rotatable bonds is 6. The summed E-state index contributed by atoms with van der Waals surface area (Å²) in [6.45, 7) is 2.18. The van der Waals surface area contributed by atoms with Crippen molar-refractivity contribution in [3.05, 3.63) is 59.0 Å². The minimum Gasteiger partial charge on any atom is -0.323 e. The molecule has 142 valence electrons. The van der Waals surface area contributed by atoms with Gasteiger partial charge in [0.25, 0.3) is 0 Å². The molecule has 3 rings (SSSR count). The quantitative estimate of drug-likeness (QED) is 0.672. The Morgan fingerprint density at radius 2 is 1.52 bits per heavy atom. The molecule has 0 spiro atoms. The maximum absolute atomic E-state index is 12.6. The first-order valence-electron chi connectivity index (χ1n) is 8.35. The van der Waals surface area contributed by atoms with Gasteiger partial charge in [0.15, 0.2) is 0 Å². The van der Waals surface area contributed by atoms with Gasteiger partial charge in [-0.1, -0.05) is 24.3 Å². The SMILES string of the molecule is CCn1c(=O)n(CC(=O)Nc2ccccc2NS(C)(=O)=O)c2ccccc21. The number of para-hydroxylation sites is 4. The number of carbonyl (C=O) groups excluding carboxylic acids is 1. The van der Waals surface area contributed by atoms with Gasteiger partial charge >= 0.3 is 5.69 Å². The van der Waals surface area contributed by atoms with Crippen LogP contribution in [0.15, 0.2) is 53.3 Å². The number of benzene rings is 2. The van der Waals surface area contributed by atoms with Gasteiger partial charge in [-0.15, -0.1) is 0 Å². The van der Waals surface area contributed by atoms with E-state index in [1.807, 2.05) is 25.1 Å². The molecule has 3 aromatic rings. The molecule has 0 aliphatic heterocycles. The summed E-state index contributed by atoms with van der Waals surface area (Å²) < 4.78 is 28.3. The molecule has 0 fully saturated rings. The standard InChI is InChI=1S/C18H20N4O4S/c1-3-21-15-10-6-7-11-16(15)22(18(21)24)12-17(23)19-13-8-4-5-9-14(13)20-27(2,25)26/h4-11,20H,3,12H2,1-2H3,(H,19,23). The summed E-state index contributed by atoms with van der Waals surface area (Å²) in [6, 6.07) is 13.7. The molecule has 0 atom stereocenters. The van der Waals surface area contributed by atoms with E-state index < -0.39 is 15.9 Å². The number of hydrogen-bond donors (Lipinski definition) is 2. The van der Waals surface area contributed by atoms with E-state index >= 15 is 0 Å². The van der Waals surface area contributed by atoms with Crippen LogP contribution in [-0.4, -0.2) is 29.7 Å². The van der Waals surface area contributed by atoms with Crippen molar-refractivity contribution >= 4 is 38.3 Å². The van der Waals surface area contributed by atoms with Crippen LogP contribution in [0.25, 0.3) is 11.0 Å². The Morgan fingerprint density at radius 3 is 2.11 bits per heavy atom. The fourth-order valence-electron chi connectivity index (χ4n) is 2.95. The Balaban J connectivity index is 1.89. The van der Waals surface area contributed by atoms with Gasteiger partial charge in [0, 0.05) is 6.54 Å². The first-order valence-corrected chi connectivity index (χ1v) is 10.2. The van der Waals surface area contributed by atoms with Gasteiger partial charge in [0.05, 0.1) is 28.7 Å². The third-order valence-corrected chi connectivity index (χ3v) is 4.63. The van der Waals surface area contributed by atoms with Gasteiger partial charge in [0.2, 0.25) is 15.9 Å². The molecule has 1 aromatic heterocycles. The van der Waals surface area contributed by atoms with Crippen molar-refractivity contribution in [2.45, 2.75) is 20.0 Å². The lowest BCUT2D eigenvalue weighted by molar-refractivity contribution is -0.116. The third-order valence-electron chi connectivity index (χ3n) is 4.04. The molecule has 0 saturated carbocycles. The lowest BCUT2D eigenvalue weighted by Crippen LogP contribution is -2.29. The minimum atomic E-state index is -3.49. The highest BCUT2D eigenvalue weighted by atomic mass is 32.2. The third kappa shape index (κ3) is 4.03. The highest BCUT2D eigenvalue weighted by Crippen LogP contribution is 2.22. The van der Waals surface area contributed by atoms with Gasteiger partial charge < -0.3 is 5.32 Å². The summed E-state index contributed by atoms with van der Waals surface area (Å²) in [5.41, 5.74) is 1.74. The molecule has 2 N–H and O–H groups in total. The van der Waals surface area contributed by atoms with Crippen molar-refractivity contribution in [2.75, 3.05) is 16.3 Å². The smallest absolute Gasteiger partial charge is 0.323 e. The predicted octanol–water partition coefficient (Wildman–Crippen LogP) is 1.83. The van der Waals surface area contributed by atoms with Gasteiger partial charge in [-0.25, -0.2) is 13.2 Å². The van der Waals surface area contributed by atoms with Crippen LogP contribution in [0.1, 0.15) is 6.92 Å². The number of fused-ring (bicyclic) bond motifs is 1. The fourth-order valence-corrected chi connectivity index (χ4v) is 3.52. The Morgan fingerprint density at radius 1 is 0.963 bits per heavy atom. The molecular weight excluding hydrogens is 368 g/mol. The summed E-state index contributed by atoms with van der Waals surface area (Å²) in [6.07, 6.45) is 1.03. The van der Waals surface area contributed by atoms with Crippen molar-refractivity contribution < 1.29 is 13.2 Å². The number of imidazole rings is 1. The van der Waals surface area contributed by atoms with Crippen molar-refractivity contribution in [1.82, 2.24) is 9.13 Å². The first-order chi connectivity index (χ1) is 12.8. The fraction of sp³-hybridized carbons (Fsp3) is 0.222. The monoisotopic (exact) mass is 388 g/mol. The van der Waals surface area contributed by atoms with Crippen LogP contribution in [0.2, 0.25) is 0 Å². The topological polar surface area (TPSA) is 102 Å². The molecule has 27 heavy (non-hydrogen) atoms. The summed E-state index contributed by atoms with van der Waals surface area (Å²) >= 11 is 0. The number of carbonyl (C=O) groups is 1. The van der Waals surface area contributed by atoms with Crippen molar-refractivity contribution in [1.29, 1.82) is 0 Å². The van der Waals surface area contributed by atoms with E-state index in [1.54, 1.807) is 34.9 Å². The Bertz CT molecular complexity index is 1160. The summed E-state index contributed by atoms with van der Waals surface area (Å²) in [5.74, 6) is -0.432. The summed E-state index contributed by atoms with van der Waals surface area (Å²) in [7, 11) is -3.49. The average Bonchev–Trinajstić information content (AvgIpc) is 2.87. The van der Waals surface area contributed by atoms with E-state index in [9.17, 15) is 18.0 Å². The molecule has 0 saturated heterocycles. The van der Waals surface area contributed by atoms with Crippen LogP contribution >= 0.6 is 0 Å². The summed E-state index contributed by atoms with van der Waals surface area (Å²) in [5, 5.41) is 2.67. The Labute approximate surface area is 156 Å². The number of aromatic nitrogens is 2. The number of anilines is 2. The van der Waals surface area contributed by atoms with E-state index in [0.717, 1.165) is 11.8 Å². The predicted molar refractivity (Wildman–Crippen MR) is 105 cm³/mol.